The lowest BCUT2D eigenvalue weighted by atomic mass is 9.93. The molecule has 194 valence electrons. The summed E-state index contributed by atoms with van der Waals surface area (Å²) in [5.74, 6) is -0.711. The number of fused-ring (bicyclic) bond motifs is 3. The number of rotatable bonds is 2. The van der Waals surface area contributed by atoms with E-state index in [0.29, 0.717) is 25.9 Å². The zero-order chi connectivity index (χ0) is 25.7. The van der Waals surface area contributed by atoms with Gasteiger partial charge in [0.15, 0.2) is 0 Å². The van der Waals surface area contributed by atoms with Gasteiger partial charge in [-0.05, 0) is 27.2 Å². The first kappa shape index (κ1) is 25.6. The predicted molar refractivity (Wildman–Crippen MR) is 128 cm³/mol. The molecule has 1 aromatic rings. The Bertz CT molecular complexity index is 971. The van der Waals surface area contributed by atoms with Crippen LogP contribution in [0.4, 0.5) is 0 Å². The van der Waals surface area contributed by atoms with Crippen LogP contribution in [0.5, 0.6) is 0 Å². The molecule has 0 aromatic carbocycles. The van der Waals surface area contributed by atoms with Gasteiger partial charge in [0.05, 0.1) is 36.3 Å². The largest absolute Gasteiger partial charge is 0.390 e. The van der Waals surface area contributed by atoms with E-state index in [0.717, 1.165) is 5.69 Å². The van der Waals surface area contributed by atoms with E-state index in [1.54, 1.807) is 16.5 Å². The molecule has 0 unspecified atom stereocenters. The Morgan fingerprint density at radius 3 is 2.43 bits per heavy atom. The summed E-state index contributed by atoms with van der Waals surface area (Å²) >= 11 is 0. The van der Waals surface area contributed by atoms with Crippen LogP contribution >= 0.6 is 0 Å². The summed E-state index contributed by atoms with van der Waals surface area (Å²) in [6.45, 7) is 12.8. The van der Waals surface area contributed by atoms with Gasteiger partial charge in [0.25, 0.3) is 0 Å². The highest BCUT2D eigenvalue weighted by atomic mass is 16.3. The average molecular weight is 490 g/mol. The minimum absolute atomic E-state index is 0.0970. The normalized spacial score (nSPS) is 33.1. The fraction of sp³-hybridized carbons (Fsp3) is 0.792. The van der Waals surface area contributed by atoms with Gasteiger partial charge in [0.2, 0.25) is 17.7 Å². The molecule has 11 heteroatoms. The van der Waals surface area contributed by atoms with Crippen LogP contribution < -0.4 is 10.6 Å². The van der Waals surface area contributed by atoms with E-state index in [9.17, 15) is 19.5 Å². The molecule has 4 rings (SSSR count). The maximum absolute atomic E-state index is 13.9. The summed E-state index contributed by atoms with van der Waals surface area (Å²) in [5.41, 5.74) is 0.686. The monoisotopic (exact) mass is 489 g/mol. The lowest BCUT2D eigenvalue weighted by Crippen LogP contribution is -2.55. The topological polar surface area (TPSA) is 133 Å². The van der Waals surface area contributed by atoms with Gasteiger partial charge in [-0.1, -0.05) is 26.0 Å². The molecular weight excluding hydrogens is 450 g/mol. The number of nitrogens with zero attached hydrogens (tertiary/aromatic N) is 5. The highest BCUT2D eigenvalue weighted by Crippen LogP contribution is 2.32. The molecule has 11 nitrogen and oxygen atoms in total. The molecule has 1 aromatic heterocycles. The van der Waals surface area contributed by atoms with Crippen molar-refractivity contribution in [2.75, 3.05) is 13.1 Å². The third kappa shape index (κ3) is 5.20. The van der Waals surface area contributed by atoms with Gasteiger partial charge in [0.1, 0.15) is 6.04 Å². The molecule has 6 atom stereocenters. The number of hydrogen-bond acceptors (Lipinski definition) is 7. The smallest absolute Gasteiger partial charge is 0.243 e. The van der Waals surface area contributed by atoms with E-state index in [1.807, 2.05) is 20.0 Å². The lowest BCUT2D eigenvalue weighted by molar-refractivity contribution is -0.142. The predicted octanol–water partition coefficient (Wildman–Crippen LogP) is -0.0456. The number of aromatic nitrogens is 3. The Kier molecular flexibility index (Phi) is 6.93. The van der Waals surface area contributed by atoms with E-state index in [4.69, 9.17) is 0 Å². The van der Waals surface area contributed by atoms with Crippen molar-refractivity contribution in [3.8, 4) is 0 Å². The molecule has 0 saturated carbocycles. The fourth-order valence-electron chi connectivity index (χ4n) is 5.34. The van der Waals surface area contributed by atoms with E-state index in [2.05, 4.69) is 46.6 Å². The van der Waals surface area contributed by atoms with Crippen LogP contribution in [0.3, 0.4) is 0 Å². The quantitative estimate of drug-likeness (QED) is 0.531. The van der Waals surface area contributed by atoms with Crippen molar-refractivity contribution in [2.24, 2.45) is 0 Å². The second-order valence-corrected chi connectivity index (χ2v) is 11.6. The van der Waals surface area contributed by atoms with Gasteiger partial charge in [-0.25, -0.2) is 4.68 Å². The highest BCUT2D eigenvalue weighted by Gasteiger charge is 2.47. The van der Waals surface area contributed by atoms with Crippen molar-refractivity contribution in [3.05, 3.63) is 11.9 Å². The van der Waals surface area contributed by atoms with E-state index >= 15 is 0 Å². The summed E-state index contributed by atoms with van der Waals surface area (Å²) in [6, 6.07) is -2.03. The first-order valence-corrected chi connectivity index (χ1v) is 12.6. The molecule has 3 aliphatic heterocycles. The van der Waals surface area contributed by atoms with Crippen molar-refractivity contribution in [1.29, 1.82) is 0 Å². The Labute approximate surface area is 206 Å². The molecular formula is C24H39N7O4. The summed E-state index contributed by atoms with van der Waals surface area (Å²) in [7, 11) is 0. The summed E-state index contributed by atoms with van der Waals surface area (Å²) in [6.07, 6.45) is 1.65. The molecule has 3 amide bonds. The SMILES string of the molecule is CC(C)N1C[C@@H]2C[C@H]1C(=O)N1C[C@@H](n3cc(C(C)(C)C)nn3)C[C@H]1C(=O)N[C@@H](C)[C@@H](O)CC(=O)N2. The number of hydrogen-bond donors (Lipinski definition) is 3. The van der Waals surface area contributed by atoms with Crippen molar-refractivity contribution >= 4 is 17.7 Å². The van der Waals surface area contributed by atoms with Crippen LogP contribution in [0.25, 0.3) is 0 Å². The molecule has 3 aliphatic rings. The van der Waals surface area contributed by atoms with Crippen LogP contribution in [0.1, 0.15) is 72.5 Å². The maximum Gasteiger partial charge on any atom is 0.243 e. The van der Waals surface area contributed by atoms with E-state index in [1.165, 1.54) is 0 Å². The summed E-state index contributed by atoms with van der Waals surface area (Å²) < 4.78 is 1.77. The molecule has 3 fully saturated rings. The van der Waals surface area contributed by atoms with E-state index in [-0.39, 0.29) is 47.7 Å². The third-order valence-electron chi connectivity index (χ3n) is 7.51. The third-order valence-corrected chi connectivity index (χ3v) is 7.51. The number of aliphatic hydroxyl groups is 1. The first-order valence-electron chi connectivity index (χ1n) is 12.6. The molecule has 4 heterocycles. The molecule has 0 aliphatic carbocycles. The Morgan fingerprint density at radius 2 is 1.80 bits per heavy atom. The molecule has 3 saturated heterocycles. The fourth-order valence-corrected chi connectivity index (χ4v) is 5.34. The number of nitrogens with one attached hydrogen (secondary N) is 2. The zero-order valence-electron chi connectivity index (χ0n) is 21.6. The molecule has 0 spiro atoms. The zero-order valence-corrected chi connectivity index (χ0v) is 21.6. The number of likely N-dealkylation sites (tertiary alicyclic amines) is 1. The minimum Gasteiger partial charge on any atom is -0.390 e. The standard InChI is InChI=1S/C24H39N7O4/c1-13(2)29-10-15-7-18(29)23(35)30-11-16(31-12-20(27-28-31)24(4,5)6)8-17(30)22(34)25-14(3)19(32)9-21(33)26-15/h12-19,32H,7-11H2,1-6H3,(H,25,34)(H,26,33)/t14-,15-,16-,17-,18-,19-/m0/s1. The number of aliphatic hydroxyl groups excluding tert-OH is 1. The van der Waals surface area contributed by atoms with Crippen LogP contribution in [0.2, 0.25) is 0 Å². The Morgan fingerprint density at radius 1 is 1.09 bits per heavy atom. The second kappa shape index (κ2) is 9.50. The summed E-state index contributed by atoms with van der Waals surface area (Å²) in [5, 5.41) is 25.0. The maximum atomic E-state index is 13.9. The molecule has 2 bridgehead atoms. The highest BCUT2D eigenvalue weighted by molar-refractivity contribution is 5.91. The van der Waals surface area contributed by atoms with Gasteiger partial charge in [0, 0.05) is 43.2 Å². The molecule has 35 heavy (non-hydrogen) atoms. The van der Waals surface area contributed by atoms with Crippen molar-refractivity contribution in [1.82, 2.24) is 35.4 Å². The minimum atomic E-state index is -1.02. The molecule has 0 radical (unpaired) electrons. The van der Waals surface area contributed by atoms with Gasteiger partial charge in [-0.3, -0.25) is 19.3 Å². The van der Waals surface area contributed by atoms with Crippen LogP contribution in [0.15, 0.2) is 6.20 Å². The van der Waals surface area contributed by atoms with Crippen molar-refractivity contribution in [2.45, 2.75) is 109 Å². The molecule has 3 N–H and O–H groups in total. The number of carbonyl (C=O) groups excluding carboxylic acids is 3. The van der Waals surface area contributed by atoms with Gasteiger partial charge < -0.3 is 20.6 Å². The van der Waals surface area contributed by atoms with Gasteiger partial charge in [-0.2, -0.15) is 0 Å². The lowest BCUT2D eigenvalue weighted by Gasteiger charge is -2.33. The first-order chi connectivity index (χ1) is 16.3. The van der Waals surface area contributed by atoms with Gasteiger partial charge >= 0.3 is 0 Å². The second-order valence-electron chi connectivity index (χ2n) is 11.6. The van der Waals surface area contributed by atoms with Crippen molar-refractivity contribution in [3.63, 3.8) is 0 Å². The summed E-state index contributed by atoms with van der Waals surface area (Å²) in [4.78, 5) is 43.6. The van der Waals surface area contributed by atoms with E-state index < -0.39 is 24.2 Å². The van der Waals surface area contributed by atoms with Gasteiger partial charge in [-0.15, -0.1) is 5.10 Å². The number of amides is 3. The van der Waals surface area contributed by atoms with Crippen molar-refractivity contribution < 1.29 is 19.5 Å². The number of carbonyl (C=O) groups is 3. The van der Waals surface area contributed by atoms with Crippen LogP contribution in [-0.4, -0.2) is 97.0 Å². The Balaban J connectivity index is 1.66. The average Bonchev–Trinajstić information content (AvgIpc) is 3.49. The Hall–Kier alpha value is -2.53. The van der Waals surface area contributed by atoms with Crippen LogP contribution in [-0.2, 0) is 19.8 Å². The van der Waals surface area contributed by atoms with Crippen LogP contribution in [0, 0.1) is 0 Å².